The first-order valence-electron chi connectivity index (χ1n) is 8.95. The van der Waals surface area contributed by atoms with Crippen LogP contribution in [0.5, 0.6) is 0 Å². The summed E-state index contributed by atoms with van der Waals surface area (Å²) in [6, 6.07) is 0. The fraction of sp³-hybridized carbons (Fsp3) is 0.700. The molecule has 1 unspecified atom stereocenters. The van der Waals surface area contributed by atoms with Crippen LogP contribution in [-0.2, 0) is 19.1 Å². The first-order chi connectivity index (χ1) is 11.3. The molecule has 0 bridgehead atoms. The molecule has 0 saturated carbocycles. The van der Waals surface area contributed by atoms with Gasteiger partial charge in [0.15, 0.2) is 0 Å². The smallest absolute Gasteiger partial charge is 0.333 e. The molecule has 4 nitrogen and oxygen atoms in total. The fourth-order valence-corrected chi connectivity index (χ4v) is 1.65. The summed E-state index contributed by atoms with van der Waals surface area (Å²) in [5.41, 5.74) is 0.950. The van der Waals surface area contributed by atoms with Crippen LogP contribution in [0, 0.1) is 5.92 Å². The van der Waals surface area contributed by atoms with E-state index in [9.17, 15) is 9.59 Å². The molecule has 0 aromatic carbocycles. The second-order valence-corrected chi connectivity index (χ2v) is 6.07. The van der Waals surface area contributed by atoms with Crippen LogP contribution in [0.2, 0.25) is 0 Å². The Morgan fingerprint density at radius 3 is 1.79 bits per heavy atom. The number of rotatable bonds is 11. The normalized spacial score (nSPS) is 10.9. The quantitative estimate of drug-likeness (QED) is 0.294. The van der Waals surface area contributed by atoms with E-state index in [0.717, 1.165) is 25.7 Å². The van der Waals surface area contributed by atoms with Crippen LogP contribution in [0.25, 0.3) is 0 Å². The molecular weight excluding hydrogens is 304 g/mol. The van der Waals surface area contributed by atoms with Crippen molar-refractivity contribution >= 4 is 11.9 Å². The molecule has 0 aliphatic heterocycles. The molecule has 4 heteroatoms. The van der Waals surface area contributed by atoms with Crippen molar-refractivity contribution in [2.24, 2.45) is 5.92 Å². The molecule has 0 fully saturated rings. The highest BCUT2D eigenvalue weighted by molar-refractivity contribution is 5.87. The van der Waals surface area contributed by atoms with Gasteiger partial charge in [-0.25, -0.2) is 9.59 Å². The highest BCUT2D eigenvalue weighted by Gasteiger charge is 2.09. The SMILES string of the molecule is C=C(C)C(=O)OCC(CC)CCCC.C=C(C)C(=O)OCCCC. The summed E-state index contributed by atoms with van der Waals surface area (Å²) >= 11 is 0. The summed E-state index contributed by atoms with van der Waals surface area (Å²) in [5.74, 6) is -0.0355. The highest BCUT2D eigenvalue weighted by atomic mass is 16.5. The fourth-order valence-electron chi connectivity index (χ4n) is 1.65. The van der Waals surface area contributed by atoms with Crippen LogP contribution in [0.4, 0.5) is 0 Å². The van der Waals surface area contributed by atoms with E-state index in [1.807, 2.05) is 0 Å². The van der Waals surface area contributed by atoms with E-state index in [2.05, 4.69) is 33.9 Å². The molecule has 0 aliphatic rings. The van der Waals surface area contributed by atoms with E-state index in [1.165, 1.54) is 12.8 Å². The summed E-state index contributed by atoms with van der Waals surface area (Å²) in [4.78, 5) is 21.8. The summed E-state index contributed by atoms with van der Waals surface area (Å²) in [6.07, 6.45) is 6.61. The van der Waals surface area contributed by atoms with Gasteiger partial charge in [0.25, 0.3) is 0 Å². The number of carbonyl (C=O) groups is 2. The molecule has 1 atom stereocenters. The maximum Gasteiger partial charge on any atom is 0.333 e. The standard InChI is InChI=1S/C12H22O2.C8H14O2/c1-5-7-8-11(6-2)9-14-12(13)10(3)4;1-4-5-6-10-8(9)7(2)3/h11H,3,5-9H2,1-2,4H3;2,4-6H2,1,3H3. The molecule has 0 amide bonds. The predicted molar refractivity (Wildman–Crippen MR) is 99.8 cm³/mol. The van der Waals surface area contributed by atoms with Crippen LogP contribution >= 0.6 is 0 Å². The maximum atomic E-state index is 11.1. The van der Waals surface area contributed by atoms with Gasteiger partial charge in [-0.2, -0.15) is 0 Å². The molecule has 0 spiro atoms. The summed E-state index contributed by atoms with van der Waals surface area (Å²) in [6.45, 7) is 17.7. The highest BCUT2D eigenvalue weighted by Crippen LogP contribution is 2.13. The first-order valence-corrected chi connectivity index (χ1v) is 8.95. The van der Waals surface area contributed by atoms with E-state index in [1.54, 1.807) is 13.8 Å². The van der Waals surface area contributed by atoms with Crippen molar-refractivity contribution in [2.75, 3.05) is 13.2 Å². The van der Waals surface area contributed by atoms with Gasteiger partial charge in [0.2, 0.25) is 0 Å². The van der Waals surface area contributed by atoms with Crippen LogP contribution in [-0.4, -0.2) is 25.2 Å². The van der Waals surface area contributed by atoms with Crippen molar-refractivity contribution in [1.29, 1.82) is 0 Å². The lowest BCUT2D eigenvalue weighted by Gasteiger charge is -2.14. The van der Waals surface area contributed by atoms with Crippen LogP contribution in [0.15, 0.2) is 24.3 Å². The van der Waals surface area contributed by atoms with Gasteiger partial charge in [0.1, 0.15) is 0 Å². The summed E-state index contributed by atoms with van der Waals surface area (Å²) < 4.78 is 9.92. The van der Waals surface area contributed by atoms with Crippen LogP contribution < -0.4 is 0 Å². The molecule has 24 heavy (non-hydrogen) atoms. The molecule has 0 aliphatic carbocycles. The van der Waals surface area contributed by atoms with Crippen LogP contribution in [0.3, 0.4) is 0 Å². The van der Waals surface area contributed by atoms with Gasteiger partial charge in [-0.3, -0.25) is 0 Å². The third-order valence-electron chi connectivity index (χ3n) is 3.42. The van der Waals surface area contributed by atoms with Crippen LogP contribution in [0.1, 0.15) is 73.1 Å². The minimum Gasteiger partial charge on any atom is -0.462 e. The molecule has 0 aromatic rings. The Bertz CT molecular complexity index is 385. The molecule has 0 radical (unpaired) electrons. The van der Waals surface area contributed by atoms with E-state index in [-0.39, 0.29) is 11.9 Å². The Balaban J connectivity index is 0. The van der Waals surface area contributed by atoms with Crippen molar-refractivity contribution in [3.63, 3.8) is 0 Å². The first kappa shape index (κ1) is 24.7. The number of unbranched alkanes of at least 4 members (excludes halogenated alkanes) is 2. The number of esters is 2. The zero-order valence-corrected chi connectivity index (χ0v) is 16.3. The Labute approximate surface area is 148 Å². The second-order valence-electron chi connectivity index (χ2n) is 6.07. The third kappa shape index (κ3) is 15.3. The topological polar surface area (TPSA) is 52.6 Å². The zero-order chi connectivity index (χ0) is 19.0. The van der Waals surface area contributed by atoms with Gasteiger partial charge in [-0.1, -0.05) is 59.6 Å². The Morgan fingerprint density at radius 1 is 0.875 bits per heavy atom. The lowest BCUT2D eigenvalue weighted by Crippen LogP contribution is -2.14. The number of hydrogen-bond donors (Lipinski definition) is 0. The van der Waals surface area contributed by atoms with E-state index in [4.69, 9.17) is 9.47 Å². The molecule has 0 saturated heterocycles. The van der Waals surface area contributed by atoms with Crippen molar-refractivity contribution < 1.29 is 19.1 Å². The third-order valence-corrected chi connectivity index (χ3v) is 3.42. The monoisotopic (exact) mass is 340 g/mol. The number of hydrogen-bond acceptors (Lipinski definition) is 4. The van der Waals surface area contributed by atoms with Gasteiger partial charge in [-0.05, 0) is 32.6 Å². The molecule has 0 N–H and O–H groups in total. The van der Waals surface area contributed by atoms with Gasteiger partial charge < -0.3 is 9.47 Å². The molecule has 140 valence electrons. The Kier molecular flexibility index (Phi) is 16.7. The van der Waals surface area contributed by atoms with Crippen molar-refractivity contribution in [3.8, 4) is 0 Å². The Morgan fingerprint density at radius 2 is 1.38 bits per heavy atom. The van der Waals surface area contributed by atoms with Crippen molar-refractivity contribution in [1.82, 2.24) is 0 Å². The van der Waals surface area contributed by atoms with Crippen molar-refractivity contribution in [3.05, 3.63) is 24.3 Å². The minimum absolute atomic E-state index is 0.264. The molecule has 0 aromatic heterocycles. The lowest BCUT2D eigenvalue weighted by molar-refractivity contribution is -0.140. The van der Waals surface area contributed by atoms with E-state index in [0.29, 0.717) is 30.3 Å². The largest absolute Gasteiger partial charge is 0.462 e. The number of carbonyl (C=O) groups excluding carboxylic acids is 2. The molecule has 0 rings (SSSR count). The second kappa shape index (κ2) is 16.3. The number of ether oxygens (including phenoxy) is 2. The van der Waals surface area contributed by atoms with E-state index >= 15 is 0 Å². The maximum absolute atomic E-state index is 11.1. The van der Waals surface area contributed by atoms with Gasteiger partial charge in [0, 0.05) is 11.1 Å². The molecule has 0 heterocycles. The van der Waals surface area contributed by atoms with Gasteiger partial charge >= 0.3 is 11.9 Å². The van der Waals surface area contributed by atoms with E-state index < -0.39 is 0 Å². The zero-order valence-electron chi connectivity index (χ0n) is 16.3. The average molecular weight is 341 g/mol. The average Bonchev–Trinajstić information content (AvgIpc) is 2.55. The van der Waals surface area contributed by atoms with Gasteiger partial charge in [-0.15, -0.1) is 0 Å². The summed E-state index contributed by atoms with van der Waals surface area (Å²) in [7, 11) is 0. The van der Waals surface area contributed by atoms with Gasteiger partial charge in [0.05, 0.1) is 13.2 Å². The molecular formula is C20H36O4. The predicted octanol–water partition coefficient (Wildman–Crippen LogP) is 5.23. The minimum atomic E-state index is -0.284. The Hall–Kier alpha value is -1.58. The lowest BCUT2D eigenvalue weighted by atomic mass is 10.0. The summed E-state index contributed by atoms with van der Waals surface area (Å²) in [5, 5.41) is 0. The van der Waals surface area contributed by atoms with Crippen molar-refractivity contribution in [2.45, 2.75) is 73.1 Å².